The van der Waals surface area contributed by atoms with E-state index in [0.29, 0.717) is 30.9 Å². The van der Waals surface area contributed by atoms with Crippen LogP contribution in [0.15, 0.2) is 54.6 Å². The molecule has 2 aromatic rings. The minimum absolute atomic E-state index is 0.268. The second-order valence-electron chi connectivity index (χ2n) is 8.79. The summed E-state index contributed by atoms with van der Waals surface area (Å²) >= 11 is 0. The summed E-state index contributed by atoms with van der Waals surface area (Å²) < 4.78 is 5.93. The molecule has 1 saturated heterocycles. The molecule has 2 fully saturated rings. The highest BCUT2D eigenvalue weighted by Gasteiger charge is 2.51. The minimum Gasteiger partial charge on any atom is -0.489 e. The van der Waals surface area contributed by atoms with Crippen molar-refractivity contribution >= 4 is 23.5 Å². The molecule has 0 aromatic heterocycles. The largest absolute Gasteiger partial charge is 0.489 e. The van der Waals surface area contributed by atoms with Crippen molar-refractivity contribution in [2.45, 2.75) is 50.1 Å². The standard InChI is InChI=1S/C25H27N3O4/c29-22(16-27-23(30)25(26-24(27)31)14-8-1-2-9-15-25)28-19-12-6-7-13-21(19)32-17-20(28)18-10-4-3-5-11-18/h3-7,10-13,20H,1-2,8-9,14-17H2,(H,26,31). The molecule has 1 atom stereocenters. The highest BCUT2D eigenvalue weighted by atomic mass is 16.5. The third-order valence-corrected chi connectivity index (χ3v) is 6.78. The maximum absolute atomic E-state index is 13.6. The Kier molecular flexibility index (Phi) is 5.33. The number of hydrogen-bond acceptors (Lipinski definition) is 4. The molecule has 1 unspecified atom stereocenters. The first-order valence-electron chi connectivity index (χ1n) is 11.3. The molecule has 7 nitrogen and oxygen atoms in total. The predicted molar refractivity (Wildman–Crippen MR) is 119 cm³/mol. The monoisotopic (exact) mass is 433 g/mol. The molecule has 2 aromatic carbocycles. The highest BCUT2D eigenvalue weighted by Crippen LogP contribution is 2.40. The normalized spacial score (nSPS) is 22.2. The summed E-state index contributed by atoms with van der Waals surface area (Å²) in [6, 6.07) is 16.2. The molecule has 2 heterocycles. The smallest absolute Gasteiger partial charge is 0.325 e. The molecule has 4 amide bonds. The Hall–Kier alpha value is -3.35. The predicted octanol–water partition coefficient (Wildman–Crippen LogP) is 3.80. The number of urea groups is 1. The molecule has 1 spiro atoms. The summed E-state index contributed by atoms with van der Waals surface area (Å²) in [4.78, 5) is 42.5. The van der Waals surface area contributed by atoms with Gasteiger partial charge in [-0.15, -0.1) is 0 Å². The topological polar surface area (TPSA) is 79.0 Å². The number of amides is 4. The van der Waals surface area contributed by atoms with Gasteiger partial charge in [-0.25, -0.2) is 4.79 Å². The van der Waals surface area contributed by atoms with E-state index in [1.54, 1.807) is 4.90 Å². The Bertz CT molecular complexity index is 1030. The van der Waals surface area contributed by atoms with Gasteiger partial charge in [0.1, 0.15) is 24.4 Å². The molecular formula is C25H27N3O4. The molecule has 1 N–H and O–H groups in total. The number of carbonyl (C=O) groups excluding carboxylic acids is 3. The molecule has 32 heavy (non-hydrogen) atoms. The van der Waals surface area contributed by atoms with Gasteiger partial charge in [-0.05, 0) is 30.5 Å². The molecular weight excluding hydrogens is 406 g/mol. The minimum atomic E-state index is -0.852. The van der Waals surface area contributed by atoms with Gasteiger partial charge in [0.2, 0.25) is 5.91 Å². The van der Waals surface area contributed by atoms with Gasteiger partial charge in [0.05, 0.1) is 11.7 Å². The summed E-state index contributed by atoms with van der Waals surface area (Å²) in [6.45, 7) is 0.0148. The fraction of sp³-hybridized carbons (Fsp3) is 0.400. The van der Waals surface area contributed by atoms with Crippen molar-refractivity contribution in [1.29, 1.82) is 0 Å². The first-order chi connectivity index (χ1) is 15.6. The van der Waals surface area contributed by atoms with Gasteiger partial charge in [0.15, 0.2) is 0 Å². The van der Waals surface area contributed by atoms with Gasteiger partial charge < -0.3 is 10.1 Å². The number of rotatable bonds is 3. The fourth-order valence-corrected chi connectivity index (χ4v) is 5.12. The molecule has 166 valence electrons. The van der Waals surface area contributed by atoms with E-state index in [9.17, 15) is 14.4 Å². The van der Waals surface area contributed by atoms with Crippen molar-refractivity contribution in [1.82, 2.24) is 10.2 Å². The van der Waals surface area contributed by atoms with E-state index in [0.717, 1.165) is 36.1 Å². The second kappa shape index (κ2) is 8.30. The number of para-hydroxylation sites is 2. The fourth-order valence-electron chi connectivity index (χ4n) is 5.12. The number of nitrogens with zero attached hydrogens (tertiary/aromatic N) is 2. The van der Waals surface area contributed by atoms with E-state index in [1.807, 2.05) is 54.6 Å². The number of nitrogens with one attached hydrogen (secondary N) is 1. The van der Waals surface area contributed by atoms with Gasteiger partial charge in [-0.1, -0.05) is 68.1 Å². The molecule has 0 radical (unpaired) electrons. The Morgan fingerprint density at radius 2 is 1.66 bits per heavy atom. The SMILES string of the molecule is O=C1NC2(CCCCCC2)C(=O)N1CC(=O)N1c2ccccc2OCC1c1ccccc1. The zero-order valence-electron chi connectivity index (χ0n) is 18.0. The quantitative estimate of drug-likeness (QED) is 0.747. The Labute approximate surface area is 187 Å². The molecule has 2 aliphatic heterocycles. The maximum Gasteiger partial charge on any atom is 0.325 e. The van der Waals surface area contributed by atoms with Crippen LogP contribution in [0.4, 0.5) is 10.5 Å². The van der Waals surface area contributed by atoms with Gasteiger partial charge in [-0.3, -0.25) is 19.4 Å². The van der Waals surface area contributed by atoms with Crippen LogP contribution in [0.25, 0.3) is 0 Å². The van der Waals surface area contributed by atoms with Crippen molar-refractivity contribution in [2.75, 3.05) is 18.1 Å². The van der Waals surface area contributed by atoms with E-state index >= 15 is 0 Å². The second-order valence-corrected chi connectivity index (χ2v) is 8.79. The average molecular weight is 434 g/mol. The first-order valence-corrected chi connectivity index (χ1v) is 11.3. The van der Waals surface area contributed by atoms with E-state index in [2.05, 4.69) is 5.32 Å². The number of fused-ring (bicyclic) bond motifs is 1. The molecule has 1 aliphatic carbocycles. The van der Waals surface area contributed by atoms with Crippen LogP contribution in [-0.2, 0) is 9.59 Å². The van der Waals surface area contributed by atoms with Crippen molar-refractivity contribution in [3.05, 3.63) is 60.2 Å². The Morgan fingerprint density at radius 1 is 0.969 bits per heavy atom. The van der Waals surface area contributed by atoms with E-state index in [1.165, 1.54) is 0 Å². The summed E-state index contributed by atoms with van der Waals surface area (Å²) in [5.74, 6) is 0.0461. The highest BCUT2D eigenvalue weighted by molar-refractivity contribution is 6.10. The third kappa shape index (κ3) is 3.51. The lowest BCUT2D eigenvalue weighted by molar-refractivity contribution is -0.135. The number of benzene rings is 2. The number of anilines is 1. The average Bonchev–Trinajstić information content (AvgIpc) is 2.97. The first kappa shape index (κ1) is 20.5. The Balaban J connectivity index is 1.44. The molecule has 7 heteroatoms. The van der Waals surface area contributed by atoms with Crippen LogP contribution in [0.3, 0.4) is 0 Å². The van der Waals surface area contributed by atoms with Crippen molar-refractivity contribution < 1.29 is 19.1 Å². The van der Waals surface area contributed by atoms with Gasteiger partial charge >= 0.3 is 6.03 Å². The van der Waals surface area contributed by atoms with Crippen LogP contribution < -0.4 is 15.0 Å². The van der Waals surface area contributed by atoms with Gasteiger partial charge in [-0.2, -0.15) is 0 Å². The number of carbonyl (C=O) groups is 3. The van der Waals surface area contributed by atoms with Crippen LogP contribution >= 0.6 is 0 Å². The molecule has 3 aliphatic rings. The Morgan fingerprint density at radius 3 is 2.41 bits per heavy atom. The van der Waals surface area contributed by atoms with Crippen molar-refractivity contribution in [3.8, 4) is 5.75 Å². The van der Waals surface area contributed by atoms with Crippen LogP contribution in [0, 0.1) is 0 Å². The number of hydrogen-bond donors (Lipinski definition) is 1. The van der Waals surface area contributed by atoms with E-state index in [-0.39, 0.29) is 24.4 Å². The van der Waals surface area contributed by atoms with Crippen LogP contribution in [0.1, 0.15) is 50.1 Å². The van der Waals surface area contributed by atoms with Crippen molar-refractivity contribution in [2.24, 2.45) is 0 Å². The summed E-state index contributed by atoms with van der Waals surface area (Å²) in [5.41, 5.74) is 0.733. The van der Waals surface area contributed by atoms with Crippen LogP contribution in [0.2, 0.25) is 0 Å². The molecule has 0 bridgehead atoms. The molecule has 1 saturated carbocycles. The van der Waals surface area contributed by atoms with E-state index in [4.69, 9.17) is 4.74 Å². The summed E-state index contributed by atoms with van der Waals surface area (Å²) in [7, 11) is 0. The zero-order chi connectivity index (χ0) is 22.1. The van der Waals surface area contributed by atoms with Crippen molar-refractivity contribution in [3.63, 3.8) is 0 Å². The third-order valence-electron chi connectivity index (χ3n) is 6.78. The summed E-state index contributed by atoms with van der Waals surface area (Å²) in [5, 5.41) is 2.92. The molecule has 5 rings (SSSR count). The van der Waals surface area contributed by atoms with Gasteiger partial charge in [0, 0.05) is 0 Å². The van der Waals surface area contributed by atoms with Gasteiger partial charge in [0.25, 0.3) is 5.91 Å². The summed E-state index contributed by atoms with van der Waals surface area (Å²) in [6.07, 6.45) is 5.20. The lowest BCUT2D eigenvalue weighted by atomic mass is 9.90. The number of ether oxygens (including phenoxy) is 1. The lowest BCUT2D eigenvalue weighted by Crippen LogP contribution is -2.49. The maximum atomic E-state index is 13.6. The van der Waals surface area contributed by atoms with Crippen LogP contribution in [-0.4, -0.2) is 41.4 Å². The van der Waals surface area contributed by atoms with Crippen LogP contribution in [0.5, 0.6) is 5.75 Å². The lowest BCUT2D eigenvalue weighted by Gasteiger charge is -2.37. The van der Waals surface area contributed by atoms with E-state index < -0.39 is 11.6 Å². The zero-order valence-corrected chi connectivity index (χ0v) is 18.0. The number of imide groups is 1.